The van der Waals surface area contributed by atoms with Gasteiger partial charge in [0.15, 0.2) is 8.32 Å². The average molecular weight is 338 g/mol. The van der Waals surface area contributed by atoms with Crippen molar-refractivity contribution in [3.8, 4) is 0 Å². The number of hydrogen-bond acceptors (Lipinski definition) is 3. The first-order chi connectivity index (χ1) is 10.3. The van der Waals surface area contributed by atoms with Gasteiger partial charge in [-0.2, -0.15) is 0 Å². The molecule has 0 unspecified atom stereocenters. The Morgan fingerprint density at radius 2 is 1.57 bits per heavy atom. The molecule has 0 fully saturated rings. The summed E-state index contributed by atoms with van der Waals surface area (Å²) in [5, 5.41) is 2.93. The molecule has 0 saturated carbocycles. The summed E-state index contributed by atoms with van der Waals surface area (Å²) in [6, 6.07) is 7.68. The molecule has 1 rings (SSSR count). The Morgan fingerprint density at radius 1 is 1.04 bits per heavy atom. The van der Waals surface area contributed by atoms with Crippen LogP contribution in [0.5, 0.6) is 0 Å². The van der Waals surface area contributed by atoms with E-state index in [2.05, 4.69) is 39.2 Å². The molecule has 0 aliphatic heterocycles. The van der Waals surface area contributed by atoms with Crippen LogP contribution in [0.3, 0.4) is 0 Å². The predicted octanol–water partition coefficient (Wildman–Crippen LogP) is 5.56. The summed E-state index contributed by atoms with van der Waals surface area (Å²) >= 11 is 0. The average Bonchev–Trinajstić information content (AvgIpc) is 2.34. The summed E-state index contributed by atoms with van der Waals surface area (Å²) < 4.78 is 11.4. The molecule has 4 nitrogen and oxygen atoms in total. The van der Waals surface area contributed by atoms with Crippen LogP contribution < -0.4 is 5.32 Å². The van der Waals surface area contributed by atoms with E-state index in [9.17, 15) is 4.79 Å². The third kappa shape index (κ3) is 6.75. The third-order valence-electron chi connectivity index (χ3n) is 4.01. The maximum absolute atomic E-state index is 11.7. The SMILES string of the molecule is CC(C)(C)OC(=O)Nc1ccc(CO[Si](C)(C)C(C)(C)C)cc1. The standard InChI is InChI=1S/C18H31NO3Si/c1-17(2,3)22-16(20)19-15-11-9-14(10-12-15)13-21-23(7,8)18(4,5)6/h9-12H,13H2,1-8H3,(H,19,20). The zero-order valence-electron chi connectivity index (χ0n) is 15.7. The van der Waals surface area contributed by atoms with E-state index >= 15 is 0 Å². The third-order valence-corrected chi connectivity index (χ3v) is 8.48. The van der Waals surface area contributed by atoms with Crippen molar-refractivity contribution in [2.75, 3.05) is 5.32 Å². The van der Waals surface area contributed by atoms with Gasteiger partial charge in [-0.05, 0) is 56.6 Å². The van der Waals surface area contributed by atoms with Crippen LogP contribution >= 0.6 is 0 Å². The molecular formula is C18H31NO3Si. The highest BCUT2D eigenvalue weighted by atomic mass is 28.4. The number of carbonyl (C=O) groups excluding carboxylic acids is 1. The van der Waals surface area contributed by atoms with Gasteiger partial charge in [-0.3, -0.25) is 5.32 Å². The highest BCUT2D eigenvalue weighted by molar-refractivity contribution is 6.74. The van der Waals surface area contributed by atoms with Gasteiger partial charge in [0, 0.05) is 5.69 Å². The highest BCUT2D eigenvalue weighted by Gasteiger charge is 2.36. The van der Waals surface area contributed by atoms with Crippen LogP contribution in [0.25, 0.3) is 0 Å². The fourth-order valence-corrected chi connectivity index (χ4v) is 2.55. The molecule has 0 spiro atoms. The van der Waals surface area contributed by atoms with Gasteiger partial charge in [0.2, 0.25) is 0 Å². The van der Waals surface area contributed by atoms with E-state index < -0.39 is 20.0 Å². The fourth-order valence-electron chi connectivity index (χ4n) is 1.59. The van der Waals surface area contributed by atoms with E-state index in [4.69, 9.17) is 9.16 Å². The van der Waals surface area contributed by atoms with Crippen molar-refractivity contribution >= 4 is 20.1 Å². The number of benzene rings is 1. The Labute approximate surface area is 141 Å². The van der Waals surface area contributed by atoms with Crippen LogP contribution in [-0.2, 0) is 15.8 Å². The van der Waals surface area contributed by atoms with E-state index in [-0.39, 0.29) is 5.04 Å². The quantitative estimate of drug-likeness (QED) is 0.732. The van der Waals surface area contributed by atoms with Gasteiger partial charge in [-0.1, -0.05) is 32.9 Å². The molecule has 23 heavy (non-hydrogen) atoms. The van der Waals surface area contributed by atoms with Gasteiger partial charge in [-0.15, -0.1) is 0 Å². The highest BCUT2D eigenvalue weighted by Crippen LogP contribution is 2.37. The van der Waals surface area contributed by atoms with Gasteiger partial charge in [0.25, 0.3) is 0 Å². The Hall–Kier alpha value is -1.33. The Morgan fingerprint density at radius 3 is 2.00 bits per heavy atom. The number of hydrogen-bond donors (Lipinski definition) is 1. The van der Waals surface area contributed by atoms with E-state index in [0.717, 1.165) is 11.3 Å². The minimum Gasteiger partial charge on any atom is -0.444 e. The topological polar surface area (TPSA) is 47.6 Å². The molecule has 1 N–H and O–H groups in total. The lowest BCUT2D eigenvalue weighted by molar-refractivity contribution is 0.0636. The van der Waals surface area contributed by atoms with Crippen molar-refractivity contribution in [2.24, 2.45) is 0 Å². The summed E-state index contributed by atoms with van der Waals surface area (Å²) in [6.07, 6.45) is -0.442. The number of rotatable bonds is 4. The van der Waals surface area contributed by atoms with Crippen LogP contribution in [0, 0.1) is 0 Å². The number of ether oxygens (including phenoxy) is 1. The van der Waals surface area contributed by atoms with Crippen molar-refractivity contribution in [1.29, 1.82) is 0 Å². The first kappa shape index (κ1) is 19.7. The van der Waals surface area contributed by atoms with Gasteiger partial charge < -0.3 is 9.16 Å². The van der Waals surface area contributed by atoms with Gasteiger partial charge in [0.05, 0.1) is 6.61 Å². The van der Waals surface area contributed by atoms with E-state index in [0.29, 0.717) is 6.61 Å². The van der Waals surface area contributed by atoms with Crippen molar-refractivity contribution in [1.82, 2.24) is 0 Å². The smallest absolute Gasteiger partial charge is 0.412 e. The van der Waals surface area contributed by atoms with Crippen LogP contribution in [-0.4, -0.2) is 20.0 Å². The van der Waals surface area contributed by atoms with Crippen molar-refractivity contribution in [3.05, 3.63) is 29.8 Å². The van der Waals surface area contributed by atoms with Crippen molar-refractivity contribution in [2.45, 2.75) is 71.9 Å². The lowest BCUT2D eigenvalue weighted by Gasteiger charge is -2.36. The van der Waals surface area contributed by atoms with Crippen molar-refractivity contribution < 1.29 is 14.0 Å². The number of nitrogens with one attached hydrogen (secondary N) is 1. The van der Waals surface area contributed by atoms with E-state index in [1.807, 2.05) is 45.0 Å². The maximum atomic E-state index is 11.7. The summed E-state index contributed by atoms with van der Waals surface area (Å²) in [4.78, 5) is 11.7. The predicted molar refractivity (Wildman–Crippen MR) is 98.3 cm³/mol. The van der Waals surface area contributed by atoms with Gasteiger partial charge in [-0.25, -0.2) is 4.79 Å². The normalized spacial score (nSPS) is 12.9. The monoisotopic (exact) mass is 337 g/mol. The summed E-state index contributed by atoms with van der Waals surface area (Å²) in [7, 11) is -1.74. The minimum atomic E-state index is -1.74. The second-order valence-electron chi connectivity index (χ2n) is 8.37. The van der Waals surface area contributed by atoms with Crippen LogP contribution in [0.4, 0.5) is 10.5 Å². The van der Waals surface area contributed by atoms with Gasteiger partial charge in [0.1, 0.15) is 5.60 Å². The van der Waals surface area contributed by atoms with Gasteiger partial charge >= 0.3 is 6.09 Å². The molecule has 0 aliphatic carbocycles. The Bertz CT molecular complexity index is 525. The zero-order chi connectivity index (χ0) is 17.9. The molecule has 0 saturated heterocycles. The molecule has 0 bridgehead atoms. The first-order valence-corrected chi connectivity index (χ1v) is 10.9. The molecule has 1 amide bonds. The molecule has 130 valence electrons. The minimum absolute atomic E-state index is 0.200. The van der Waals surface area contributed by atoms with Crippen LogP contribution in [0.15, 0.2) is 24.3 Å². The van der Waals surface area contributed by atoms with E-state index in [1.165, 1.54) is 0 Å². The second-order valence-corrected chi connectivity index (χ2v) is 13.2. The summed E-state index contributed by atoms with van der Waals surface area (Å²) in [5.41, 5.74) is 1.32. The van der Waals surface area contributed by atoms with E-state index in [1.54, 1.807) is 0 Å². The Kier molecular flexibility index (Phi) is 6.04. The second kappa shape index (κ2) is 7.05. The molecule has 0 atom stereocenters. The molecule has 5 heteroatoms. The lowest BCUT2D eigenvalue weighted by atomic mass is 10.2. The van der Waals surface area contributed by atoms with Crippen molar-refractivity contribution in [3.63, 3.8) is 0 Å². The number of amides is 1. The first-order valence-electron chi connectivity index (χ1n) is 8.03. The lowest BCUT2D eigenvalue weighted by Crippen LogP contribution is -2.40. The van der Waals surface area contributed by atoms with Crippen LogP contribution in [0.1, 0.15) is 47.1 Å². The maximum Gasteiger partial charge on any atom is 0.412 e. The largest absolute Gasteiger partial charge is 0.444 e. The molecule has 0 radical (unpaired) electrons. The molecule has 1 aromatic rings. The number of anilines is 1. The molecule has 0 aliphatic rings. The molecular weight excluding hydrogens is 306 g/mol. The fraction of sp³-hybridized carbons (Fsp3) is 0.611. The summed E-state index contributed by atoms with van der Waals surface area (Å²) in [5.74, 6) is 0. The zero-order valence-corrected chi connectivity index (χ0v) is 16.7. The molecule has 1 aromatic carbocycles. The number of carbonyl (C=O) groups is 1. The summed E-state index contributed by atoms with van der Waals surface area (Å²) in [6.45, 7) is 17.3. The Balaban J connectivity index is 2.59. The molecule has 0 heterocycles. The molecule has 0 aromatic heterocycles. The van der Waals surface area contributed by atoms with Crippen LogP contribution in [0.2, 0.25) is 18.1 Å².